The lowest BCUT2D eigenvalue weighted by molar-refractivity contribution is -0.119. The van der Waals surface area contributed by atoms with Crippen molar-refractivity contribution in [3.8, 4) is 11.5 Å². The highest BCUT2D eigenvalue weighted by Crippen LogP contribution is 2.16. The molecule has 1 amide bonds. The second kappa shape index (κ2) is 14.5. The molecule has 0 bridgehead atoms. The molecule has 1 atom stereocenters. The molecule has 0 heterocycles. The Balaban J connectivity index is 0.00000480. The summed E-state index contributed by atoms with van der Waals surface area (Å²) in [4.78, 5) is 16.3. The van der Waals surface area contributed by atoms with Gasteiger partial charge < -0.3 is 25.4 Å². The Morgan fingerprint density at radius 2 is 1.81 bits per heavy atom. The quantitative estimate of drug-likeness (QED) is 0.183. The number of ether oxygens (including phenoxy) is 2. The maximum Gasteiger partial charge on any atom is 0.227 e. The van der Waals surface area contributed by atoms with Crippen molar-refractivity contribution in [3.05, 3.63) is 54.1 Å². The summed E-state index contributed by atoms with van der Waals surface area (Å²) in [6.07, 6.45) is 0.817. The van der Waals surface area contributed by atoms with E-state index >= 15 is 0 Å². The van der Waals surface area contributed by atoms with E-state index in [4.69, 9.17) is 9.47 Å². The molecule has 0 aliphatic carbocycles. The summed E-state index contributed by atoms with van der Waals surface area (Å²) in [7, 11) is 3.36. The lowest BCUT2D eigenvalue weighted by atomic mass is 10.1. The molecule has 2 aromatic carbocycles. The summed E-state index contributed by atoms with van der Waals surface area (Å²) < 4.78 is 10.8. The number of rotatable bonds is 10. The summed E-state index contributed by atoms with van der Waals surface area (Å²) in [5, 5.41) is 9.45. The van der Waals surface area contributed by atoms with Crippen molar-refractivity contribution < 1.29 is 14.3 Å². The SMILES string of the molecule is CCC(C)C(=O)Nc1cccc(CNC(=NC)NCCOc2ccc(OC)cc2)c1.I. The Morgan fingerprint density at radius 1 is 1.10 bits per heavy atom. The van der Waals surface area contributed by atoms with Crippen molar-refractivity contribution in [1.82, 2.24) is 10.6 Å². The first kappa shape index (κ1) is 26.5. The molecule has 0 spiro atoms. The van der Waals surface area contributed by atoms with Gasteiger partial charge in [0.1, 0.15) is 18.1 Å². The Hall–Kier alpha value is -2.49. The fourth-order valence-corrected chi connectivity index (χ4v) is 2.63. The van der Waals surface area contributed by atoms with Crippen LogP contribution in [-0.4, -0.2) is 39.2 Å². The second-order valence-corrected chi connectivity index (χ2v) is 6.88. The molecule has 170 valence electrons. The van der Waals surface area contributed by atoms with E-state index in [1.54, 1.807) is 14.2 Å². The zero-order valence-electron chi connectivity index (χ0n) is 18.6. The highest BCUT2D eigenvalue weighted by molar-refractivity contribution is 14.0. The molecule has 1 unspecified atom stereocenters. The van der Waals surface area contributed by atoms with Gasteiger partial charge in [-0.3, -0.25) is 9.79 Å². The molecular formula is C23H33IN4O3. The third-order valence-corrected chi connectivity index (χ3v) is 4.66. The van der Waals surface area contributed by atoms with Crippen LogP contribution in [0, 0.1) is 5.92 Å². The first-order valence-corrected chi connectivity index (χ1v) is 10.2. The average molecular weight is 540 g/mol. The van der Waals surface area contributed by atoms with Gasteiger partial charge in [0.2, 0.25) is 5.91 Å². The topological polar surface area (TPSA) is 84.0 Å². The van der Waals surface area contributed by atoms with E-state index < -0.39 is 0 Å². The molecule has 0 saturated carbocycles. The molecule has 0 aliphatic rings. The molecule has 0 aliphatic heterocycles. The van der Waals surface area contributed by atoms with Gasteiger partial charge in [0.15, 0.2) is 5.96 Å². The summed E-state index contributed by atoms with van der Waals surface area (Å²) >= 11 is 0. The predicted octanol–water partition coefficient (Wildman–Crippen LogP) is 4.04. The molecule has 3 N–H and O–H groups in total. The summed E-state index contributed by atoms with van der Waals surface area (Å²) in [6, 6.07) is 15.3. The lowest BCUT2D eigenvalue weighted by Gasteiger charge is -2.14. The van der Waals surface area contributed by atoms with Crippen molar-refractivity contribution >= 4 is 41.5 Å². The van der Waals surface area contributed by atoms with Gasteiger partial charge in [-0.15, -0.1) is 24.0 Å². The molecule has 7 nitrogen and oxygen atoms in total. The minimum atomic E-state index is -0.00468. The van der Waals surface area contributed by atoms with Crippen molar-refractivity contribution in [1.29, 1.82) is 0 Å². The van der Waals surface area contributed by atoms with E-state index in [1.165, 1.54) is 0 Å². The molecule has 0 fully saturated rings. The third kappa shape index (κ3) is 9.46. The van der Waals surface area contributed by atoms with Gasteiger partial charge in [0, 0.05) is 25.2 Å². The predicted molar refractivity (Wildman–Crippen MR) is 137 cm³/mol. The molecule has 2 rings (SSSR count). The maximum absolute atomic E-state index is 12.1. The third-order valence-electron chi connectivity index (χ3n) is 4.66. The van der Waals surface area contributed by atoms with Gasteiger partial charge in [-0.25, -0.2) is 0 Å². The van der Waals surface area contributed by atoms with Crippen LogP contribution in [-0.2, 0) is 11.3 Å². The van der Waals surface area contributed by atoms with Gasteiger partial charge in [-0.2, -0.15) is 0 Å². The molecular weight excluding hydrogens is 507 g/mol. The molecule has 0 aromatic heterocycles. The van der Waals surface area contributed by atoms with Gasteiger partial charge in [-0.05, 0) is 48.4 Å². The largest absolute Gasteiger partial charge is 0.497 e. The molecule has 31 heavy (non-hydrogen) atoms. The van der Waals surface area contributed by atoms with Crippen LogP contribution in [0.1, 0.15) is 25.8 Å². The zero-order chi connectivity index (χ0) is 21.8. The van der Waals surface area contributed by atoms with E-state index in [1.807, 2.05) is 62.4 Å². The highest BCUT2D eigenvalue weighted by atomic mass is 127. The summed E-state index contributed by atoms with van der Waals surface area (Å²) in [6.45, 7) is 5.63. The number of nitrogens with one attached hydrogen (secondary N) is 3. The molecule has 0 saturated heterocycles. The average Bonchev–Trinajstić information content (AvgIpc) is 2.78. The van der Waals surface area contributed by atoms with E-state index in [9.17, 15) is 4.79 Å². The van der Waals surface area contributed by atoms with Crippen LogP contribution >= 0.6 is 24.0 Å². The number of hydrogen-bond donors (Lipinski definition) is 3. The lowest BCUT2D eigenvalue weighted by Crippen LogP contribution is -2.38. The van der Waals surface area contributed by atoms with E-state index in [2.05, 4.69) is 20.9 Å². The Morgan fingerprint density at radius 3 is 2.45 bits per heavy atom. The molecule has 0 radical (unpaired) electrons. The molecule has 8 heteroatoms. The van der Waals surface area contributed by atoms with Gasteiger partial charge in [-0.1, -0.05) is 26.0 Å². The van der Waals surface area contributed by atoms with Crippen molar-refractivity contribution in [2.75, 3.05) is 32.6 Å². The van der Waals surface area contributed by atoms with Crippen molar-refractivity contribution in [2.45, 2.75) is 26.8 Å². The number of methoxy groups -OCH3 is 1. The summed E-state index contributed by atoms with van der Waals surface area (Å²) in [5.74, 6) is 2.31. The van der Waals surface area contributed by atoms with Crippen LogP contribution in [0.15, 0.2) is 53.5 Å². The second-order valence-electron chi connectivity index (χ2n) is 6.88. The maximum atomic E-state index is 12.1. The number of anilines is 1. The van der Waals surface area contributed by atoms with Gasteiger partial charge in [0.25, 0.3) is 0 Å². The number of nitrogens with zero attached hydrogens (tertiary/aromatic N) is 1. The molecule has 2 aromatic rings. The summed E-state index contributed by atoms with van der Waals surface area (Å²) in [5.41, 5.74) is 1.85. The number of guanidine groups is 1. The smallest absolute Gasteiger partial charge is 0.227 e. The van der Waals surface area contributed by atoms with Crippen LogP contribution in [0.5, 0.6) is 11.5 Å². The number of amides is 1. The Bertz CT molecular complexity index is 828. The monoisotopic (exact) mass is 540 g/mol. The van der Waals surface area contributed by atoms with E-state index in [0.717, 1.165) is 29.2 Å². The fraction of sp³-hybridized carbons (Fsp3) is 0.391. The normalized spacial score (nSPS) is 11.7. The van der Waals surface area contributed by atoms with Crippen molar-refractivity contribution in [3.63, 3.8) is 0 Å². The van der Waals surface area contributed by atoms with Crippen LogP contribution in [0.2, 0.25) is 0 Å². The fourth-order valence-electron chi connectivity index (χ4n) is 2.63. The van der Waals surface area contributed by atoms with Crippen LogP contribution in [0.3, 0.4) is 0 Å². The minimum Gasteiger partial charge on any atom is -0.497 e. The van der Waals surface area contributed by atoms with Crippen LogP contribution in [0.25, 0.3) is 0 Å². The number of benzene rings is 2. The number of carbonyl (C=O) groups excluding carboxylic acids is 1. The van der Waals surface area contributed by atoms with E-state index in [0.29, 0.717) is 25.7 Å². The Kier molecular flexibility index (Phi) is 12.4. The first-order chi connectivity index (χ1) is 14.5. The zero-order valence-corrected chi connectivity index (χ0v) is 20.9. The number of carbonyl (C=O) groups is 1. The van der Waals surface area contributed by atoms with Crippen molar-refractivity contribution in [2.24, 2.45) is 10.9 Å². The first-order valence-electron chi connectivity index (χ1n) is 10.2. The standard InChI is InChI=1S/C23H32N4O3.HI/c1-5-17(2)22(28)27-19-8-6-7-18(15-19)16-26-23(24-3)25-13-14-30-21-11-9-20(29-4)10-12-21;/h6-12,15,17H,5,13-14,16H2,1-4H3,(H,27,28)(H2,24,25,26);1H. The van der Waals surface area contributed by atoms with E-state index in [-0.39, 0.29) is 35.8 Å². The highest BCUT2D eigenvalue weighted by Gasteiger charge is 2.10. The minimum absolute atomic E-state index is 0. The number of halogens is 1. The van der Waals surface area contributed by atoms with Crippen LogP contribution < -0.4 is 25.4 Å². The number of hydrogen-bond acceptors (Lipinski definition) is 4. The van der Waals surface area contributed by atoms with Crippen LogP contribution in [0.4, 0.5) is 5.69 Å². The number of aliphatic imine (C=N–C) groups is 1. The van der Waals surface area contributed by atoms with Gasteiger partial charge >= 0.3 is 0 Å². The Labute approximate surface area is 202 Å². The van der Waals surface area contributed by atoms with Gasteiger partial charge in [0.05, 0.1) is 13.7 Å².